The predicted octanol–water partition coefficient (Wildman–Crippen LogP) is 2.23. The molecule has 128 valence electrons. The number of sulfonamides is 1. The third-order valence-electron chi connectivity index (χ3n) is 3.33. The lowest BCUT2D eigenvalue weighted by Gasteiger charge is -2.12. The van der Waals surface area contributed by atoms with Gasteiger partial charge in [-0.1, -0.05) is 11.3 Å². The molecule has 0 aliphatic rings. The average molecular weight is 368 g/mol. The van der Waals surface area contributed by atoms with Crippen molar-refractivity contribution in [3.8, 4) is 11.5 Å². The van der Waals surface area contributed by atoms with Crippen LogP contribution in [0.4, 0.5) is 5.69 Å². The maximum atomic E-state index is 12.9. The molecule has 3 rings (SSSR count). The van der Waals surface area contributed by atoms with Gasteiger partial charge in [0.2, 0.25) is 9.99 Å². The van der Waals surface area contributed by atoms with Gasteiger partial charge in [-0.3, -0.25) is 4.72 Å². The SMILES string of the molecule is COc1ccc(OC)c(NS(=O)(=O)c2c(C)nc3sc(C)nn23)c1. The third kappa shape index (κ3) is 2.78. The fourth-order valence-electron chi connectivity index (χ4n) is 2.32. The summed E-state index contributed by atoms with van der Waals surface area (Å²) in [6.07, 6.45) is 0. The average Bonchev–Trinajstić information content (AvgIpc) is 3.00. The predicted molar refractivity (Wildman–Crippen MR) is 90.7 cm³/mol. The van der Waals surface area contributed by atoms with Crippen molar-refractivity contribution in [2.45, 2.75) is 18.9 Å². The maximum Gasteiger partial charge on any atom is 0.281 e. The summed E-state index contributed by atoms with van der Waals surface area (Å²) < 4.78 is 40.0. The molecule has 24 heavy (non-hydrogen) atoms. The first kappa shape index (κ1) is 16.5. The molecule has 0 amide bonds. The lowest BCUT2D eigenvalue weighted by molar-refractivity contribution is 0.405. The van der Waals surface area contributed by atoms with Gasteiger partial charge in [0.25, 0.3) is 10.0 Å². The van der Waals surface area contributed by atoms with E-state index in [0.29, 0.717) is 22.2 Å². The van der Waals surface area contributed by atoms with E-state index in [1.807, 2.05) is 0 Å². The summed E-state index contributed by atoms with van der Waals surface area (Å²) in [6.45, 7) is 3.43. The third-order valence-corrected chi connectivity index (χ3v) is 5.62. The number of hydrogen-bond acceptors (Lipinski definition) is 7. The summed E-state index contributed by atoms with van der Waals surface area (Å²) in [4.78, 5) is 4.79. The minimum Gasteiger partial charge on any atom is -0.497 e. The Labute approximate surface area is 143 Å². The Morgan fingerprint density at radius 2 is 1.96 bits per heavy atom. The standard InChI is InChI=1S/C14H16N4O4S2/c1-8-13(18-14(15-8)23-9(2)16-18)24(19,20)17-11-7-10(21-3)5-6-12(11)22-4/h5-7,17H,1-4H3. The van der Waals surface area contributed by atoms with Crippen LogP contribution in [0.25, 0.3) is 4.96 Å². The van der Waals surface area contributed by atoms with Gasteiger partial charge < -0.3 is 9.47 Å². The number of aromatic nitrogens is 3. The van der Waals surface area contributed by atoms with Crippen molar-refractivity contribution in [2.24, 2.45) is 0 Å². The van der Waals surface area contributed by atoms with Crippen molar-refractivity contribution in [3.05, 3.63) is 28.9 Å². The van der Waals surface area contributed by atoms with Crippen LogP contribution in [0.5, 0.6) is 11.5 Å². The number of rotatable bonds is 5. The second-order valence-corrected chi connectivity index (χ2v) is 7.75. The van der Waals surface area contributed by atoms with Crippen molar-refractivity contribution in [3.63, 3.8) is 0 Å². The molecule has 0 aliphatic carbocycles. The van der Waals surface area contributed by atoms with E-state index in [0.717, 1.165) is 5.01 Å². The molecule has 0 spiro atoms. The zero-order valence-electron chi connectivity index (χ0n) is 13.5. The first-order chi connectivity index (χ1) is 11.4. The highest BCUT2D eigenvalue weighted by molar-refractivity contribution is 7.92. The van der Waals surface area contributed by atoms with Gasteiger partial charge in [-0.2, -0.15) is 18.0 Å². The quantitative estimate of drug-likeness (QED) is 0.742. The molecular weight excluding hydrogens is 352 g/mol. The van der Waals surface area contributed by atoms with Crippen molar-refractivity contribution < 1.29 is 17.9 Å². The molecule has 0 radical (unpaired) electrons. The van der Waals surface area contributed by atoms with Crippen LogP contribution in [-0.4, -0.2) is 37.2 Å². The Morgan fingerprint density at radius 3 is 2.62 bits per heavy atom. The van der Waals surface area contributed by atoms with Gasteiger partial charge in [0.1, 0.15) is 16.5 Å². The van der Waals surface area contributed by atoms with Gasteiger partial charge in [-0.25, -0.2) is 4.98 Å². The van der Waals surface area contributed by atoms with Gasteiger partial charge >= 0.3 is 0 Å². The summed E-state index contributed by atoms with van der Waals surface area (Å²) in [7, 11) is -0.946. The molecule has 0 aliphatic heterocycles. The number of imidazole rings is 1. The fourth-order valence-corrected chi connectivity index (χ4v) is 4.50. The molecule has 0 bridgehead atoms. The molecule has 1 aromatic carbocycles. The van der Waals surface area contributed by atoms with Crippen LogP contribution in [0, 0.1) is 13.8 Å². The van der Waals surface area contributed by atoms with Crippen LogP contribution in [0.15, 0.2) is 23.2 Å². The van der Waals surface area contributed by atoms with Crippen LogP contribution in [0.2, 0.25) is 0 Å². The number of nitrogens with zero attached hydrogens (tertiary/aromatic N) is 3. The highest BCUT2D eigenvalue weighted by Gasteiger charge is 2.26. The second kappa shape index (κ2) is 5.95. The van der Waals surface area contributed by atoms with E-state index in [4.69, 9.17) is 9.47 Å². The number of hydrogen-bond donors (Lipinski definition) is 1. The van der Waals surface area contributed by atoms with E-state index >= 15 is 0 Å². The first-order valence-electron chi connectivity index (χ1n) is 6.93. The van der Waals surface area contributed by atoms with E-state index in [9.17, 15) is 8.42 Å². The Bertz CT molecular complexity index is 1010. The highest BCUT2D eigenvalue weighted by atomic mass is 32.2. The zero-order valence-corrected chi connectivity index (χ0v) is 15.2. The van der Waals surface area contributed by atoms with Gasteiger partial charge in [-0.15, -0.1) is 0 Å². The Balaban J connectivity index is 2.10. The Kier molecular flexibility index (Phi) is 4.10. The molecule has 8 nitrogen and oxygen atoms in total. The van der Waals surface area contributed by atoms with Gasteiger partial charge in [0, 0.05) is 6.07 Å². The highest BCUT2D eigenvalue weighted by Crippen LogP contribution is 2.31. The molecule has 0 unspecified atom stereocenters. The number of methoxy groups -OCH3 is 2. The minimum absolute atomic E-state index is 0.00622. The van der Waals surface area contributed by atoms with Crippen LogP contribution >= 0.6 is 11.3 Å². The molecule has 2 aromatic heterocycles. The van der Waals surface area contributed by atoms with E-state index in [2.05, 4.69) is 14.8 Å². The monoisotopic (exact) mass is 368 g/mol. The van der Waals surface area contributed by atoms with Crippen LogP contribution < -0.4 is 14.2 Å². The van der Waals surface area contributed by atoms with Gasteiger partial charge in [-0.05, 0) is 26.0 Å². The molecule has 0 saturated carbocycles. The smallest absolute Gasteiger partial charge is 0.281 e. The number of anilines is 1. The number of fused-ring (bicyclic) bond motifs is 1. The van der Waals surface area contributed by atoms with Crippen molar-refractivity contribution in [2.75, 3.05) is 18.9 Å². The fraction of sp³-hybridized carbons (Fsp3) is 0.286. The van der Waals surface area contributed by atoms with E-state index in [1.54, 1.807) is 32.0 Å². The molecule has 0 fully saturated rings. The first-order valence-corrected chi connectivity index (χ1v) is 9.23. The Morgan fingerprint density at radius 1 is 1.21 bits per heavy atom. The van der Waals surface area contributed by atoms with Crippen molar-refractivity contribution in [1.82, 2.24) is 14.6 Å². The van der Waals surface area contributed by atoms with Gasteiger partial charge in [0.15, 0.2) is 0 Å². The van der Waals surface area contributed by atoms with Gasteiger partial charge in [0.05, 0.1) is 25.6 Å². The number of ether oxygens (including phenoxy) is 2. The molecular formula is C14H16N4O4S2. The van der Waals surface area contributed by atoms with Crippen LogP contribution in [-0.2, 0) is 10.0 Å². The molecule has 1 N–H and O–H groups in total. The molecule has 0 atom stereocenters. The largest absolute Gasteiger partial charge is 0.497 e. The summed E-state index contributed by atoms with van der Waals surface area (Å²) in [5.41, 5.74) is 0.654. The Hall–Kier alpha value is -2.33. The normalized spacial score (nSPS) is 11.7. The number of aryl methyl sites for hydroxylation is 2. The molecule has 3 aromatic rings. The number of nitrogens with one attached hydrogen (secondary N) is 1. The van der Waals surface area contributed by atoms with Crippen molar-refractivity contribution in [1.29, 1.82) is 0 Å². The summed E-state index contributed by atoms with van der Waals surface area (Å²) in [6, 6.07) is 4.86. The minimum atomic E-state index is -3.91. The second-order valence-electron chi connectivity index (χ2n) is 4.99. The van der Waals surface area contributed by atoms with E-state index in [-0.39, 0.29) is 10.7 Å². The van der Waals surface area contributed by atoms with E-state index < -0.39 is 10.0 Å². The lowest BCUT2D eigenvalue weighted by atomic mass is 10.3. The van der Waals surface area contributed by atoms with Crippen molar-refractivity contribution >= 4 is 32.0 Å². The van der Waals surface area contributed by atoms with E-state index in [1.165, 1.54) is 30.1 Å². The summed E-state index contributed by atoms with van der Waals surface area (Å²) in [5, 5.41) is 4.95. The summed E-state index contributed by atoms with van der Waals surface area (Å²) in [5.74, 6) is 0.889. The maximum absolute atomic E-state index is 12.9. The number of benzene rings is 1. The summed E-state index contributed by atoms with van der Waals surface area (Å²) >= 11 is 1.33. The zero-order chi connectivity index (χ0) is 17.5. The molecule has 2 heterocycles. The molecule has 0 saturated heterocycles. The van der Waals surface area contributed by atoms with Crippen LogP contribution in [0.1, 0.15) is 10.7 Å². The topological polar surface area (TPSA) is 94.8 Å². The lowest BCUT2D eigenvalue weighted by Crippen LogP contribution is -2.17. The van der Waals surface area contributed by atoms with Crippen LogP contribution in [0.3, 0.4) is 0 Å². The molecule has 10 heteroatoms.